The molecule has 0 aliphatic rings. The van der Waals surface area contributed by atoms with E-state index in [4.69, 9.17) is 29.4 Å². The second-order valence-electron chi connectivity index (χ2n) is 9.93. The zero-order valence-corrected chi connectivity index (χ0v) is 21.8. The largest absolute Gasteiger partial charge is 0.514 e. The van der Waals surface area contributed by atoms with Crippen LogP contribution < -0.4 is 15.2 Å². The lowest BCUT2D eigenvalue weighted by atomic mass is 9.87. The number of nitrogens with two attached hydrogens (primary N) is 1. The van der Waals surface area contributed by atoms with Gasteiger partial charge in [-0.3, -0.25) is 4.79 Å². The van der Waals surface area contributed by atoms with E-state index in [0.717, 1.165) is 7.11 Å². The second-order valence-corrected chi connectivity index (χ2v) is 9.93. The van der Waals surface area contributed by atoms with Crippen LogP contribution in [0.25, 0.3) is 0 Å². The van der Waals surface area contributed by atoms with Crippen molar-refractivity contribution in [2.75, 3.05) is 7.11 Å². The summed E-state index contributed by atoms with van der Waals surface area (Å²) in [5, 5.41) is 9.53. The lowest BCUT2D eigenvalue weighted by Gasteiger charge is -2.25. The quantitative estimate of drug-likeness (QED) is 0.286. The maximum atomic E-state index is 12.3. The van der Waals surface area contributed by atoms with Gasteiger partial charge in [-0.2, -0.15) is 0 Å². The summed E-state index contributed by atoms with van der Waals surface area (Å²) in [6.45, 7) is 11.4. The molecule has 0 aliphatic heterocycles. The summed E-state index contributed by atoms with van der Waals surface area (Å²) >= 11 is 0. The predicted octanol–water partition coefficient (Wildman–Crippen LogP) is 4.37. The molecule has 2 unspecified atom stereocenters. The highest BCUT2D eigenvalue weighted by Gasteiger charge is 2.31. The lowest BCUT2D eigenvalue weighted by Crippen LogP contribution is -2.38. The number of benzene rings is 1. The fraction of sp³-hybridized carbons (Fsp3) is 0.583. The fourth-order valence-corrected chi connectivity index (χ4v) is 2.92. The summed E-state index contributed by atoms with van der Waals surface area (Å²) in [4.78, 5) is 47.7. The van der Waals surface area contributed by atoms with Crippen molar-refractivity contribution in [3.8, 4) is 11.5 Å². The first-order valence-corrected chi connectivity index (χ1v) is 11.1. The Kier molecular flexibility index (Phi) is 10.5. The van der Waals surface area contributed by atoms with Gasteiger partial charge in [-0.25, -0.2) is 14.4 Å². The van der Waals surface area contributed by atoms with Crippen LogP contribution in [0.5, 0.6) is 11.5 Å². The molecule has 0 saturated heterocycles. The Morgan fingerprint density at radius 3 is 1.83 bits per heavy atom. The molecule has 0 bridgehead atoms. The second kappa shape index (κ2) is 12.4. The molecule has 0 radical (unpaired) electrons. The Morgan fingerprint density at radius 2 is 1.39 bits per heavy atom. The van der Waals surface area contributed by atoms with Crippen LogP contribution >= 0.6 is 0 Å². The maximum Gasteiger partial charge on any atom is 0.514 e. The Morgan fingerprint density at radius 1 is 0.889 bits per heavy atom. The summed E-state index contributed by atoms with van der Waals surface area (Å²) in [6.07, 6.45) is -3.87. The summed E-state index contributed by atoms with van der Waals surface area (Å²) in [5.41, 5.74) is 4.50. The van der Waals surface area contributed by atoms with Crippen molar-refractivity contribution in [2.24, 2.45) is 5.73 Å². The number of rotatable bonds is 8. The van der Waals surface area contributed by atoms with Crippen LogP contribution in [0.4, 0.5) is 14.4 Å². The van der Waals surface area contributed by atoms with E-state index in [0.29, 0.717) is 5.56 Å². The fourth-order valence-electron chi connectivity index (χ4n) is 2.92. The van der Waals surface area contributed by atoms with E-state index in [-0.39, 0.29) is 17.9 Å². The third-order valence-corrected chi connectivity index (χ3v) is 4.33. The average molecular weight is 514 g/mol. The van der Waals surface area contributed by atoms with Crippen molar-refractivity contribution >= 4 is 24.4 Å². The number of hydrogen-bond acceptors (Lipinski definition) is 11. The van der Waals surface area contributed by atoms with Gasteiger partial charge in [0.2, 0.25) is 0 Å². The first kappa shape index (κ1) is 30.5. The smallest absolute Gasteiger partial charge is 0.480 e. The van der Waals surface area contributed by atoms with Crippen molar-refractivity contribution < 1.29 is 52.7 Å². The van der Waals surface area contributed by atoms with Gasteiger partial charge in [0, 0.05) is 5.92 Å². The van der Waals surface area contributed by atoms with Crippen molar-refractivity contribution in [3.05, 3.63) is 23.8 Å². The van der Waals surface area contributed by atoms with Crippen molar-refractivity contribution in [2.45, 2.75) is 84.2 Å². The molecule has 12 heteroatoms. The van der Waals surface area contributed by atoms with Gasteiger partial charge in [-0.1, -0.05) is 6.07 Å². The summed E-state index contributed by atoms with van der Waals surface area (Å²) in [7, 11) is 1.14. The third-order valence-electron chi connectivity index (χ3n) is 4.33. The predicted molar refractivity (Wildman–Crippen MR) is 126 cm³/mol. The summed E-state index contributed by atoms with van der Waals surface area (Å²) in [6, 6.07) is 2.62. The third kappa shape index (κ3) is 10.8. The Bertz CT molecular complexity index is 946. The molecule has 36 heavy (non-hydrogen) atoms. The van der Waals surface area contributed by atoms with Gasteiger partial charge in [-0.15, -0.1) is 0 Å². The molecule has 0 spiro atoms. The Balaban J connectivity index is 3.41. The van der Waals surface area contributed by atoms with E-state index in [1.165, 1.54) is 25.1 Å². The van der Waals surface area contributed by atoms with E-state index >= 15 is 0 Å². The van der Waals surface area contributed by atoms with Crippen molar-refractivity contribution in [1.29, 1.82) is 0 Å². The molecule has 1 rings (SSSR count). The maximum absolute atomic E-state index is 12.3. The van der Waals surface area contributed by atoms with Crippen LogP contribution in [0.15, 0.2) is 18.2 Å². The number of carbonyl (C=O) groups excluding carboxylic acids is 3. The van der Waals surface area contributed by atoms with Crippen LogP contribution in [-0.2, 0) is 23.7 Å². The van der Waals surface area contributed by atoms with Crippen LogP contribution in [0.1, 0.15) is 66.4 Å². The molecule has 0 amide bonds. The van der Waals surface area contributed by atoms with E-state index in [1.54, 1.807) is 41.5 Å². The molecule has 3 atom stereocenters. The molecular weight excluding hydrogens is 478 g/mol. The molecule has 12 nitrogen and oxygen atoms in total. The van der Waals surface area contributed by atoms with Gasteiger partial charge in [0.25, 0.3) is 0 Å². The lowest BCUT2D eigenvalue weighted by molar-refractivity contribution is -0.139. The number of methoxy groups -OCH3 is 1. The van der Waals surface area contributed by atoms with Crippen molar-refractivity contribution in [3.63, 3.8) is 0 Å². The number of carbonyl (C=O) groups is 4. The standard InChI is InChI=1S/C24H35NO11/c1-13(32-20(28)31-8)11-15(18(25)19(26)27)14-9-10-16(33-21(29)35-23(2,3)4)17(12-14)34-22(30)36-24(5,6)7/h9-10,12-13,15,18H,11,25H2,1-8H3,(H,26,27)/t13?,15?,18-/m0/s1. The minimum Gasteiger partial charge on any atom is -0.480 e. The number of carboxylic acids is 1. The zero-order chi connectivity index (χ0) is 27.8. The number of carboxylic acid groups (broad SMARTS) is 1. The van der Waals surface area contributed by atoms with Gasteiger partial charge in [0.05, 0.1) is 7.11 Å². The summed E-state index contributed by atoms with van der Waals surface area (Å²) in [5.74, 6) is -2.63. The SMILES string of the molecule is COC(=O)OC(C)CC(c1ccc(OC(=O)OC(C)(C)C)c(OC(=O)OC(C)(C)C)c1)[C@H](N)C(=O)O. The molecule has 1 aromatic rings. The van der Waals surface area contributed by atoms with Crippen LogP contribution in [0.2, 0.25) is 0 Å². The van der Waals surface area contributed by atoms with Gasteiger partial charge in [-0.05, 0) is 72.6 Å². The van der Waals surface area contributed by atoms with Gasteiger partial charge in [0.15, 0.2) is 11.5 Å². The highest BCUT2D eigenvalue weighted by molar-refractivity contribution is 5.75. The van der Waals surface area contributed by atoms with E-state index in [9.17, 15) is 24.3 Å². The molecule has 0 aromatic heterocycles. The van der Waals surface area contributed by atoms with Gasteiger partial charge >= 0.3 is 24.4 Å². The first-order chi connectivity index (χ1) is 16.4. The molecule has 202 valence electrons. The van der Waals surface area contributed by atoms with Crippen LogP contribution in [0, 0.1) is 0 Å². The van der Waals surface area contributed by atoms with Gasteiger partial charge < -0.3 is 39.3 Å². The van der Waals surface area contributed by atoms with Crippen LogP contribution in [-0.4, -0.2) is 60.0 Å². The molecule has 0 heterocycles. The molecule has 0 fully saturated rings. The Hall–Kier alpha value is -3.54. The first-order valence-electron chi connectivity index (χ1n) is 11.1. The number of hydrogen-bond donors (Lipinski definition) is 2. The molecule has 0 saturated carbocycles. The highest BCUT2D eigenvalue weighted by Crippen LogP contribution is 2.35. The Labute approximate surface area is 209 Å². The summed E-state index contributed by atoms with van der Waals surface area (Å²) < 4.78 is 30.3. The molecule has 3 N–H and O–H groups in total. The zero-order valence-electron chi connectivity index (χ0n) is 21.8. The molecule has 1 aromatic carbocycles. The van der Waals surface area contributed by atoms with Gasteiger partial charge in [0.1, 0.15) is 23.3 Å². The number of aliphatic carboxylic acids is 1. The van der Waals surface area contributed by atoms with Crippen LogP contribution in [0.3, 0.4) is 0 Å². The highest BCUT2D eigenvalue weighted by atomic mass is 16.8. The average Bonchev–Trinajstić information content (AvgIpc) is 2.69. The van der Waals surface area contributed by atoms with E-state index in [2.05, 4.69) is 4.74 Å². The molecular formula is C24H35NO11. The minimum atomic E-state index is -1.42. The van der Waals surface area contributed by atoms with E-state index in [1.807, 2.05) is 0 Å². The number of ether oxygens (including phenoxy) is 6. The molecule has 0 aliphatic carbocycles. The van der Waals surface area contributed by atoms with Crippen molar-refractivity contribution in [1.82, 2.24) is 0 Å². The minimum absolute atomic E-state index is 0.0132. The van der Waals surface area contributed by atoms with E-state index < -0.39 is 53.7 Å². The normalized spacial score (nSPS) is 14.0. The topological polar surface area (TPSA) is 170 Å². The monoisotopic (exact) mass is 513 g/mol.